The van der Waals surface area contributed by atoms with Crippen LogP contribution in [0.1, 0.15) is 12.6 Å². The van der Waals surface area contributed by atoms with Gasteiger partial charge < -0.3 is 10.6 Å². The molecule has 1 aromatic heterocycles. The Morgan fingerprint density at radius 1 is 1.21 bits per heavy atom. The van der Waals surface area contributed by atoms with Crippen LogP contribution in [0.4, 0.5) is 24.5 Å². The number of alkyl halides is 3. The Labute approximate surface area is 143 Å². The molecule has 0 atom stereocenters. The molecule has 0 radical (unpaired) electrons. The van der Waals surface area contributed by atoms with Crippen molar-refractivity contribution >= 4 is 39.1 Å². The molecular weight excluding hydrogens is 393 g/mol. The molecule has 10 heteroatoms. The second-order valence-corrected chi connectivity index (χ2v) is 5.73. The van der Waals surface area contributed by atoms with Crippen LogP contribution in [0.3, 0.4) is 0 Å². The zero-order chi connectivity index (χ0) is 17.9. The van der Waals surface area contributed by atoms with E-state index in [4.69, 9.17) is 0 Å². The summed E-state index contributed by atoms with van der Waals surface area (Å²) in [7, 11) is 0. The van der Waals surface area contributed by atoms with E-state index in [2.05, 4.69) is 31.7 Å². The van der Waals surface area contributed by atoms with Gasteiger partial charge in [0.15, 0.2) is 5.69 Å². The Kier molecular flexibility index (Phi) is 5.27. The zero-order valence-electron chi connectivity index (χ0n) is 12.3. The number of hydrogen-bond donors (Lipinski definition) is 2. The van der Waals surface area contributed by atoms with Gasteiger partial charge in [-0.3, -0.25) is 14.3 Å². The molecule has 6 nitrogen and oxygen atoms in total. The fraction of sp³-hybridized carbons (Fsp3) is 0.214. The molecule has 1 aromatic carbocycles. The van der Waals surface area contributed by atoms with Crippen LogP contribution in [0.5, 0.6) is 0 Å². The van der Waals surface area contributed by atoms with E-state index in [0.717, 1.165) is 16.9 Å². The first-order chi connectivity index (χ1) is 11.1. The number of anilines is 2. The minimum Gasteiger partial charge on any atom is -0.325 e. The smallest absolute Gasteiger partial charge is 0.325 e. The molecule has 0 aliphatic rings. The van der Waals surface area contributed by atoms with Gasteiger partial charge in [-0.15, -0.1) is 0 Å². The van der Waals surface area contributed by atoms with Crippen LogP contribution in [-0.2, 0) is 22.3 Å². The summed E-state index contributed by atoms with van der Waals surface area (Å²) in [5, 5.41) is 8.38. The number of rotatable bonds is 4. The third kappa shape index (κ3) is 4.82. The second-order valence-electron chi connectivity index (χ2n) is 4.82. The lowest BCUT2D eigenvalue weighted by Gasteiger charge is -2.12. The molecule has 2 rings (SSSR count). The topological polar surface area (TPSA) is 76.0 Å². The SMILES string of the molecule is CC(=O)Nc1ccc(Br)cc1NC(=O)Cn1ccc(C(F)(F)F)n1. The Morgan fingerprint density at radius 3 is 2.50 bits per heavy atom. The van der Waals surface area contributed by atoms with Gasteiger partial charge in [0.1, 0.15) is 6.54 Å². The number of halogens is 4. The van der Waals surface area contributed by atoms with Gasteiger partial charge in [0.25, 0.3) is 0 Å². The van der Waals surface area contributed by atoms with Crippen molar-refractivity contribution in [3.63, 3.8) is 0 Å². The average molecular weight is 405 g/mol. The van der Waals surface area contributed by atoms with Crippen LogP contribution in [0.15, 0.2) is 34.9 Å². The third-order valence-corrected chi connectivity index (χ3v) is 3.30. The van der Waals surface area contributed by atoms with Crippen LogP contribution < -0.4 is 10.6 Å². The van der Waals surface area contributed by atoms with E-state index in [0.29, 0.717) is 15.8 Å². The minimum absolute atomic E-state index is 0.313. The Balaban J connectivity index is 2.11. The lowest BCUT2D eigenvalue weighted by molar-refractivity contribution is -0.141. The van der Waals surface area contributed by atoms with Crippen molar-refractivity contribution in [3.05, 3.63) is 40.6 Å². The van der Waals surface area contributed by atoms with Gasteiger partial charge in [-0.05, 0) is 24.3 Å². The largest absolute Gasteiger partial charge is 0.435 e. The summed E-state index contributed by atoms with van der Waals surface area (Å²) in [4.78, 5) is 23.2. The van der Waals surface area contributed by atoms with Crippen molar-refractivity contribution in [1.29, 1.82) is 0 Å². The van der Waals surface area contributed by atoms with Crippen molar-refractivity contribution in [2.24, 2.45) is 0 Å². The predicted octanol–water partition coefficient (Wildman–Crippen LogP) is 3.26. The van der Waals surface area contributed by atoms with Gasteiger partial charge in [-0.25, -0.2) is 0 Å². The highest BCUT2D eigenvalue weighted by Gasteiger charge is 2.33. The lowest BCUT2D eigenvalue weighted by atomic mass is 10.2. The van der Waals surface area contributed by atoms with Crippen molar-refractivity contribution in [2.45, 2.75) is 19.6 Å². The first kappa shape index (κ1) is 18.0. The van der Waals surface area contributed by atoms with Crippen molar-refractivity contribution < 1.29 is 22.8 Å². The summed E-state index contributed by atoms with van der Waals surface area (Å²) in [6, 6.07) is 5.60. The first-order valence-electron chi connectivity index (χ1n) is 6.63. The van der Waals surface area contributed by atoms with E-state index in [-0.39, 0.29) is 5.91 Å². The summed E-state index contributed by atoms with van der Waals surface area (Å²) in [5.41, 5.74) is -0.389. The van der Waals surface area contributed by atoms with Crippen molar-refractivity contribution in [3.8, 4) is 0 Å². The highest BCUT2D eigenvalue weighted by atomic mass is 79.9. The molecule has 0 unspecified atom stereocenters. The highest BCUT2D eigenvalue weighted by Crippen LogP contribution is 2.28. The normalized spacial score (nSPS) is 11.2. The molecule has 2 aromatic rings. The highest BCUT2D eigenvalue weighted by molar-refractivity contribution is 9.10. The molecule has 0 aliphatic carbocycles. The summed E-state index contributed by atoms with van der Waals surface area (Å²) in [6.07, 6.45) is -3.50. The maximum absolute atomic E-state index is 12.5. The second kappa shape index (κ2) is 7.04. The van der Waals surface area contributed by atoms with E-state index in [1.165, 1.54) is 6.92 Å². The number of nitrogens with one attached hydrogen (secondary N) is 2. The van der Waals surface area contributed by atoms with Gasteiger partial charge >= 0.3 is 6.18 Å². The maximum Gasteiger partial charge on any atom is 0.435 e. The van der Waals surface area contributed by atoms with Gasteiger partial charge in [-0.1, -0.05) is 15.9 Å². The number of carbonyl (C=O) groups is 2. The van der Waals surface area contributed by atoms with Gasteiger partial charge in [-0.2, -0.15) is 18.3 Å². The van der Waals surface area contributed by atoms with Crippen LogP contribution in [-0.4, -0.2) is 21.6 Å². The van der Waals surface area contributed by atoms with E-state index in [1.807, 2.05) is 0 Å². The monoisotopic (exact) mass is 404 g/mol. The molecule has 2 amide bonds. The summed E-state index contributed by atoms with van der Waals surface area (Å²) in [6.45, 7) is 0.915. The van der Waals surface area contributed by atoms with Crippen molar-refractivity contribution in [2.75, 3.05) is 10.6 Å². The molecule has 0 aliphatic heterocycles. The van der Waals surface area contributed by atoms with Crippen molar-refractivity contribution in [1.82, 2.24) is 9.78 Å². The molecule has 0 saturated heterocycles. The Morgan fingerprint density at radius 2 is 1.92 bits per heavy atom. The molecule has 0 bridgehead atoms. The van der Waals surface area contributed by atoms with E-state index >= 15 is 0 Å². The van der Waals surface area contributed by atoms with Gasteiger partial charge in [0, 0.05) is 17.6 Å². The lowest BCUT2D eigenvalue weighted by Crippen LogP contribution is -2.21. The third-order valence-electron chi connectivity index (χ3n) is 2.80. The molecule has 24 heavy (non-hydrogen) atoms. The Bertz CT molecular complexity index is 774. The standard InChI is InChI=1S/C14H12BrF3N4O2/c1-8(23)19-10-3-2-9(15)6-11(10)20-13(24)7-22-5-4-12(21-22)14(16,17)18/h2-6H,7H2,1H3,(H,19,23)(H,20,24). The molecule has 0 spiro atoms. The summed E-state index contributed by atoms with van der Waals surface area (Å²) < 4.78 is 39.0. The summed E-state index contributed by atoms with van der Waals surface area (Å²) >= 11 is 3.24. The Hall–Kier alpha value is -2.36. The molecule has 1 heterocycles. The van der Waals surface area contributed by atoms with Crippen LogP contribution >= 0.6 is 15.9 Å². The number of carbonyl (C=O) groups excluding carboxylic acids is 2. The maximum atomic E-state index is 12.5. The first-order valence-corrected chi connectivity index (χ1v) is 7.42. The van der Waals surface area contributed by atoms with Gasteiger partial charge in [0.2, 0.25) is 11.8 Å². The minimum atomic E-state index is -4.56. The fourth-order valence-electron chi connectivity index (χ4n) is 1.86. The predicted molar refractivity (Wildman–Crippen MR) is 84.3 cm³/mol. The molecule has 0 saturated carbocycles. The molecule has 128 valence electrons. The van der Waals surface area contributed by atoms with Crippen LogP contribution in [0.2, 0.25) is 0 Å². The summed E-state index contributed by atoms with van der Waals surface area (Å²) in [5.74, 6) is -0.911. The number of aromatic nitrogens is 2. The average Bonchev–Trinajstić information content (AvgIpc) is 2.89. The zero-order valence-corrected chi connectivity index (χ0v) is 13.9. The van der Waals surface area contributed by atoms with Crippen LogP contribution in [0, 0.1) is 0 Å². The molecule has 2 N–H and O–H groups in total. The number of amides is 2. The van der Waals surface area contributed by atoms with E-state index in [9.17, 15) is 22.8 Å². The number of benzene rings is 1. The van der Waals surface area contributed by atoms with Crippen LogP contribution in [0.25, 0.3) is 0 Å². The molecular formula is C14H12BrF3N4O2. The van der Waals surface area contributed by atoms with E-state index < -0.39 is 24.3 Å². The number of hydrogen-bond acceptors (Lipinski definition) is 3. The quantitative estimate of drug-likeness (QED) is 0.820. The van der Waals surface area contributed by atoms with E-state index in [1.54, 1.807) is 18.2 Å². The van der Waals surface area contributed by atoms with Gasteiger partial charge in [0.05, 0.1) is 11.4 Å². The number of nitrogens with zero attached hydrogens (tertiary/aromatic N) is 2. The molecule has 0 fully saturated rings. The fourth-order valence-corrected chi connectivity index (χ4v) is 2.22.